The second-order valence-corrected chi connectivity index (χ2v) is 4.95. The number of allylic oxidation sites excluding steroid dienone is 1. The number of carbonyl (C=O) groups excluding carboxylic acids is 1. The zero-order chi connectivity index (χ0) is 14.8. The van der Waals surface area contributed by atoms with Crippen molar-refractivity contribution in [3.8, 4) is 11.5 Å². The quantitative estimate of drug-likeness (QED) is 0.807. The van der Waals surface area contributed by atoms with Gasteiger partial charge in [-0.2, -0.15) is 0 Å². The van der Waals surface area contributed by atoms with Crippen molar-refractivity contribution >= 4 is 11.9 Å². The van der Waals surface area contributed by atoms with Crippen LogP contribution in [0.4, 0.5) is 0 Å². The molecule has 1 aliphatic carbocycles. The number of benzene rings is 2. The molecule has 0 aromatic heterocycles. The Kier molecular flexibility index (Phi) is 3.48. The molecule has 21 heavy (non-hydrogen) atoms. The fraction of sp³-hybridized carbons (Fsp3) is 0.167. The summed E-state index contributed by atoms with van der Waals surface area (Å²) in [4.78, 5) is 12.4. The molecular weight excluding hydrogens is 264 g/mol. The van der Waals surface area contributed by atoms with Crippen LogP contribution < -0.4 is 9.47 Å². The van der Waals surface area contributed by atoms with Gasteiger partial charge in [0, 0.05) is 17.6 Å². The van der Waals surface area contributed by atoms with E-state index in [4.69, 9.17) is 9.47 Å². The Morgan fingerprint density at radius 2 is 1.76 bits per heavy atom. The Labute approximate surface area is 123 Å². The first-order valence-corrected chi connectivity index (χ1v) is 6.78. The third-order valence-electron chi connectivity index (χ3n) is 3.68. The van der Waals surface area contributed by atoms with Gasteiger partial charge in [-0.25, -0.2) is 0 Å². The summed E-state index contributed by atoms with van der Waals surface area (Å²) in [6.07, 6.45) is 2.60. The minimum absolute atomic E-state index is 0.111. The number of rotatable bonds is 3. The van der Waals surface area contributed by atoms with Crippen molar-refractivity contribution in [2.24, 2.45) is 0 Å². The van der Waals surface area contributed by atoms with Crippen LogP contribution in [0.1, 0.15) is 21.5 Å². The molecular formula is C18H16O3. The van der Waals surface area contributed by atoms with Gasteiger partial charge in [0.15, 0.2) is 17.3 Å². The molecule has 0 heterocycles. The normalized spacial score (nSPS) is 15.1. The van der Waals surface area contributed by atoms with Gasteiger partial charge in [0.05, 0.1) is 14.2 Å². The highest BCUT2D eigenvalue weighted by Gasteiger charge is 2.23. The summed E-state index contributed by atoms with van der Waals surface area (Å²) in [5, 5.41) is 0. The van der Waals surface area contributed by atoms with Crippen LogP contribution in [0.2, 0.25) is 0 Å². The molecule has 1 aliphatic rings. The molecule has 3 nitrogen and oxygen atoms in total. The topological polar surface area (TPSA) is 35.5 Å². The molecule has 0 unspecified atom stereocenters. The molecule has 0 saturated carbocycles. The van der Waals surface area contributed by atoms with Crippen LogP contribution in [0.3, 0.4) is 0 Å². The molecule has 0 spiro atoms. The number of methoxy groups -OCH3 is 2. The minimum Gasteiger partial charge on any atom is -0.493 e. The fourth-order valence-electron chi connectivity index (χ4n) is 2.61. The van der Waals surface area contributed by atoms with E-state index in [-0.39, 0.29) is 5.78 Å². The number of hydrogen-bond donors (Lipinski definition) is 0. The summed E-state index contributed by atoms with van der Waals surface area (Å²) in [5.41, 5.74) is 3.64. The predicted octanol–water partition coefficient (Wildman–Crippen LogP) is 3.53. The van der Waals surface area contributed by atoms with Gasteiger partial charge >= 0.3 is 0 Å². The van der Waals surface area contributed by atoms with Crippen molar-refractivity contribution in [3.05, 3.63) is 64.7 Å². The van der Waals surface area contributed by atoms with Gasteiger partial charge in [-0.05, 0) is 29.3 Å². The zero-order valence-corrected chi connectivity index (χ0v) is 12.1. The number of ether oxygens (including phenoxy) is 2. The molecule has 0 aliphatic heterocycles. The Bertz CT molecular complexity index is 729. The van der Waals surface area contributed by atoms with E-state index in [2.05, 4.69) is 0 Å². The second-order valence-electron chi connectivity index (χ2n) is 4.95. The maximum Gasteiger partial charge on any atom is 0.189 e. The molecule has 0 saturated heterocycles. The first kappa shape index (κ1) is 13.4. The van der Waals surface area contributed by atoms with Crippen LogP contribution in [0.15, 0.2) is 48.0 Å². The van der Waals surface area contributed by atoms with Crippen molar-refractivity contribution in [2.45, 2.75) is 6.42 Å². The summed E-state index contributed by atoms with van der Waals surface area (Å²) < 4.78 is 10.5. The molecule has 2 aromatic carbocycles. The molecule has 0 N–H and O–H groups in total. The Hall–Kier alpha value is -2.55. The molecule has 2 aromatic rings. The third kappa shape index (κ3) is 2.42. The standard InChI is InChI=1S/C18H16O3/c1-20-16-8-7-12(10-17(16)21-2)9-14-11-13-5-3-4-6-15(13)18(14)19/h3-10H,11H2,1-2H3. The SMILES string of the molecule is COc1ccc(C=C2Cc3ccccc3C2=O)cc1OC. The summed E-state index contributed by atoms with van der Waals surface area (Å²) >= 11 is 0. The van der Waals surface area contributed by atoms with E-state index in [0.29, 0.717) is 17.9 Å². The fourth-order valence-corrected chi connectivity index (χ4v) is 2.61. The second kappa shape index (κ2) is 5.44. The molecule has 3 rings (SSSR count). The van der Waals surface area contributed by atoms with Gasteiger partial charge in [0.25, 0.3) is 0 Å². The first-order chi connectivity index (χ1) is 10.2. The van der Waals surface area contributed by atoms with E-state index in [1.165, 1.54) is 0 Å². The van der Waals surface area contributed by atoms with Gasteiger partial charge in [-0.3, -0.25) is 4.79 Å². The average molecular weight is 280 g/mol. The van der Waals surface area contributed by atoms with Crippen LogP contribution in [-0.2, 0) is 6.42 Å². The highest BCUT2D eigenvalue weighted by atomic mass is 16.5. The Balaban J connectivity index is 1.95. The van der Waals surface area contributed by atoms with Crippen LogP contribution in [0.25, 0.3) is 6.08 Å². The predicted molar refractivity (Wildman–Crippen MR) is 82.0 cm³/mol. The van der Waals surface area contributed by atoms with Gasteiger partial charge in [-0.1, -0.05) is 30.3 Å². The van der Waals surface area contributed by atoms with Crippen molar-refractivity contribution < 1.29 is 14.3 Å². The van der Waals surface area contributed by atoms with Crippen molar-refractivity contribution in [3.63, 3.8) is 0 Å². The molecule has 0 fully saturated rings. The smallest absolute Gasteiger partial charge is 0.189 e. The molecule has 0 atom stereocenters. The van der Waals surface area contributed by atoms with Gasteiger partial charge < -0.3 is 9.47 Å². The van der Waals surface area contributed by atoms with Crippen molar-refractivity contribution in [2.75, 3.05) is 14.2 Å². The van der Waals surface area contributed by atoms with Crippen molar-refractivity contribution in [1.82, 2.24) is 0 Å². The van der Waals surface area contributed by atoms with Gasteiger partial charge in [0.2, 0.25) is 0 Å². The summed E-state index contributed by atoms with van der Waals surface area (Å²) in [5.74, 6) is 1.45. The average Bonchev–Trinajstić information content (AvgIpc) is 2.84. The van der Waals surface area contributed by atoms with E-state index in [9.17, 15) is 4.79 Å². The number of ketones is 1. The van der Waals surface area contributed by atoms with Crippen LogP contribution in [0.5, 0.6) is 11.5 Å². The lowest BCUT2D eigenvalue weighted by atomic mass is 10.1. The maximum atomic E-state index is 12.4. The number of carbonyl (C=O) groups is 1. The Morgan fingerprint density at radius 3 is 2.48 bits per heavy atom. The van der Waals surface area contributed by atoms with Gasteiger partial charge in [-0.15, -0.1) is 0 Å². The molecule has 106 valence electrons. The number of fused-ring (bicyclic) bond motifs is 1. The molecule has 0 amide bonds. The highest BCUT2D eigenvalue weighted by molar-refractivity contribution is 6.15. The molecule has 3 heteroatoms. The van der Waals surface area contributed by atoms with E-state index in [0.717, 1.165) is 22.3 Å². The molecule has 0 radical (unpaired) electrons. The van der Waals surface area contributed by atoms with Gasteiger partial charge in [0.1, 0.15) is 0 Å². The minimum atomic E-state index is 0.111. The molecule has 0 bridgehead atoms. The zero-order valence-electron chi connectivity index (χ0n) is 12.1. The van der Waals surface area contributed by atoms with Crippen LogP contribution in [0, 0.1) is 0 Å². The van der Waals surface area contributed by atoms with Crippen LogP contribution >= 0.6 is 0 Å². The lowest BCUT2D eigenvalue weighted by Gasteiger charge is -2.08. The third-order valence-corrected chi connectivity index (χ3v) is 3.68. The summed E-state index contributed by atoms with van der Waals surface area (Å²) in [6.45, 7) is 0. The summed E-state index contributed by atoms with van der Waals surface area (Å²) in [7, 11) is 3.21. The lowest BCUT2D eigenvalue weighted by molar-refractivity contribution is 0.104. The van der Waals surface area contributed by atoms with E-state index in [1.54, 1.807) is 14.2 Å². The Morgan fingerprint density at radius 1 is 1.00 bits per heavy atom. The highest BCUT2D eigenvalue weighted by Crippen LogP contribution is 2.31. The summed E-state index contributed by atoms with van der Waals surface area (Å²) in [6, 6.07) is 13.4. The lowest BCUT2D eigenvalue weighted by Crippen LogP contribution is -1.95. The largest absolute Gasteiger partial charge is 0.493 e. The van der Waals surface area contributed by atoms with E-state index < -0.39 is 0 Å². The van der Waals surface area contributed by atoms with E-state index in [1.807, 2.05) is 48.5 Å². The number of Topliss-reactive ketones (excluding diaryl/α,β-unsaturated/α-hetero) is 1. The van der Waals surface area contributed by atoms with Crippen LogP contribution in [-0.4, -0.2) is 20.0 Å². The van der Waals surface area contributed by atoms with E-state index >= 15 is 0 Å². The number of hydrogen-bond acceptors (Lipinski definition) is 3. The first-order valence-electron chi connectivity index (χ1n) is 6.78. The van der Waals surface area contributed by atoms with Crippen molar-refractivity contribution in [1.29, 1.82) is 0 Å². The monoisotopic (exact) mass is 280 g/mol. The maximum absolute atomic E-state index is 12.4.